The lowest BCUT2D eigenvalue weighted by atomic mass is 10.2. The van der Waals surface area contributed by atoms with Crippen molar-refractivity contribution in [3.05, 3.63) is 65.4 Å². The van der Waals surface area contributed by atoms with Crippen LogP contribution < -0.4 is 14.2 Å². The van der Waals surface area contributed by atoms with Crippen molar-refractivity contribution in [3.8, 4) is 16.7 Å². The van der Waals surface area contributed by atoms with Crippen molar-refractivity contribution in [2.45, 2.75) is 18.4 Å². The van der Waals surface area contributed by atoms with Crippen molar-refractivity contribution < 1.29 is 22.3 Å². The van der Waals surface area contributed by atoms with Crippen LogP contribution in [0, 0.1) is 5.82 Å². The molecule has 0 atom stereocenters. The van der Waals surface area contributed by atoms with Crippen LogP contribution in [0.2, 0.25) is 0 Å². The Morgan fingerprint density at radius 1 is 1.19 bits per heavy atom. The highest BCUT2D eigenvalue weighted by atomic mass is 32.2. The lowest BCUT2D eigenvalue weighted by molar-refractivity contribution is 0.321. The van der Waals surface area contributed by atoms with E-state index in [0.717, 1.165) is 11.6 Å². The second-order valence-corrected chi connectivity index (χ2v) is 8.02. The molecule has 0 bridgehead atoms. The molecule has 3 rings (SSSR count). The first-order valence-electron chi connectivity index (χ1n) is 8.06. The molecule has 0 saturated carbocycles. The first-order chi connectivity index (χ1) is 13.0. The van der Waals surface area contributed by atoms with Gasteiger partial charge >= 0.3 is 0 Å². The highest BCUT2D eigenvalue weighted by molar-refractivity contribution is 7.89. The van der Waals surface area contributed by atoms with Crippen LogP contribution in [0.15, 0.2) is 58.9 Å². The summed E-state index contributed by atoms with van der Waals surface area (Å²) < 4.78 is 51.7. The van der Waals surface area contributed by atoms with E-state index in [1.54, 1.807) is 37.4 Å². The smallest absolute Gasteiger partial charge is 0.278 e. The second-order valence-electron chi connectivity index (χ2n) is 5.39. The molecule has 0 amide bonds. The summed E-state index contributed by atoms with van der Waals surface area (Å²) in [4.78, 5) is 3.87. The molecule has 142 valence electrons. The molecule has 2 aromatic carbocycles. The Morgan fingerprint density at radius 3 is 2.59 bits per heavy atom. The van der Waals surface area contributed by atoms with E-state index in [-0.39, 0.29) is 17.2 Å². The number of halogens is 1. The molecule has 1 aromatic heterocycles. The van der Waals surface area contributed by atoms with Crippen LogP contribution in [0.5, 0.6) is 16.7 Å². The van der Waals surface area contributed by atoms with Gasteiger partial charge in [0, 0.05) is 18.1 Å². The number of hydrogen-bond donors (Lipinski definition) is 1. The minimum absolute atomic E-state index is 0.0206. The molecule has 9 heteroatoms. The average molecular weight is 408 g/mol. The van der Waals surface area contributed by atoms with Crippen molar-refractivity contribution in [3.63, 3.8) is 0 Å². The van der Waals surface area contributed by atoms with E-state index >= 15 is 0 Å². The molecule has 6 nitrogen and oxygen atoms in total. The number of thiazole rings is 1. The number of aromatic nitrogens is 1. The van der Waals surface area contributed by atoms with E-state index in [2.05, 4.69) is 9.71 Å². The molecule has 0 radical (unpaired) electrons. The minimum atomic E-state index is -3.85. The summed E-state index contributed by atoms with van der Waals surface area (Å²) >= 11 is 1.37. The van der Waals surface area contributed by atoms with Gasteiger partial charge in [0.15, 0.2) is 11.6 Å². The first-order valence-corrected chi connectivity index (χ1v) is 10.4. The van der Waals surface area contributed by atoms with Crippen molar-refractivity contribution >= 4 is 21.4 Å². The van der Waals surface area contributed by atoms with Gasteiger partial charge in [-0.15, -0.1) is 0 Å². The molecule has 0 saturated heterocycles. The van der Waals surface area contributed by atoms with Gasteiger partial charge in [-0.2, -0.15) is 0 Å². The van der Waals surface area contributed by atoms with E-state index < -0.39 is 15.8 Å². The standard InChI is InChI=1S/C18H17FN2O4S2/c1-2-24-17-8-7-15(11-16(17)19)27(22,23)21-12-13-3-5-14(6-4-13)25-18-20-9-10-26-18/h3-11,21H,2,12H2,1H3. The molecule has 3 aromatic rings. The molecule has 27 heavy (non-hydrogen) atoms. The highest BCUT2D eigenvalue weighted by Crippen LogP contribution is 2.24. The third-order valence-corrected chi connectivity index (χ3v) is 5.57. The Balaban J connectivity index is 1.64. The second kappa shape index (κ2) is 8.47. The number of benzene rings is 2. The fourth-order valence-electron chi connectivity index (χ4n) is 2.22. The normalized spacial score (nSPS) is 11.3. The van der Waals surface area contributed by atoms with Crippen molar-refractivity contribution in [1.29, 1.82) is 0 Å². The number of hydrogen-bond acceptors (Lipinski definition) is 6. The Labute approximate surface area is 160 Å². The molecule has 0 unspecified atom stereocenters. The molecular weight excluding hydrogens is 391 g/mol. The number of sulfonamides is 1. The van der Waals surface area contributed by atoms with Crippen LogP contribution >= 0.6 is 11.3 Å². The summed E-state index contributed by atoms with van der Waals surface area (Å²) in [6.45, 7) is 2.08. The zero-order chi connectivity index (χ0) is 19.3. The number of nitrogens with one attached hydrogen (secondary N) is 1. The van der Waals surface area contributed by atoms with Gasteiger partial charge in [0.25, 0.3) is 5.19 Å². The fourth-order valence-corrected chi connectivity index (χ4v) is 3.75. The predicted molar refractivity (Wildman–Crippen MR) is 100 cm³/mol. The summed E-state index contributed by atoms with van der Waals surface area (Å²) in [5, 5.41) is 2.34. The van der Waals surface area contributed by atoms with E-state index in [0.29, 0.717) is 17.6 Å². The van der Waals surface area contributed by atoms with Crippen molar-refractivity contribution in [2.24, 2.45) is 0 Å². The first kappa shape index (κ1) is 19.3. The number of ether oxygens (including phenoxy) is 2. The largest absolute Gasteiger partial charge is 0.491 e. The highest BCUT2D eigenvalue weighted by Gasteiger charge is 2.16. The molecular formula is C18H17FN2O4S2. The Morgan fingerprint density at radius 2 is 1.96 bits per heavy atom. The van der Waals surface area contributed by atoms with Crippen LogP contribution in [-0.2, 0) is 16.6 Å². The topological polar surface area (TPSA) is 77.5 Å². The maximum atomic E-state index is 13.9. The van der Waals surface area contributed by atoms with E-state index in [4.69, 9.17) is 9.47 Å². The van der Waals surface area contributed by atoms with Crippen LogP contribution in [0.1, 0.15) is 12.5 Å². The van der Waals surface area contributed by atoms with Gasteiger partial charge in [-0.1, -0.05) is 23.5 Å². The third-order valence-electron chi connectivity index (χ3n) is 3.52. The molecule has 0 aliphatic rings. The summed E-state index contributed by atoms with van der Waals surface area (Å²) in [5.74, 6) is -0.0965. The third kappa shape index (κ3) is 5.03. The molecule has 1 heterocycles. The van der Waals surface area contributed by atoms with E-state index in [9.17, 15) is 12.8 Å². The number of nitrogens with zero attached hydrogens (tertiary/aromatic N) is 1. The van der Waals surface area contributed by atoms with Gasteiger partial charge in [-0.25, -0.2) is 22.5 Å². The SMILES string of the molecule is CCOc1ccc(S(=O)(=O)NCc2ccc(Oc3nccs3)cc2)cc1F. The quantitative estimate of drug-likeness (QED) is 0.611. The van der Waals surface area contributed by atoms with Crippen LogP contribution in [0.25, 0.3) is 0 Å². The lowest BCUT2D eigenvalue weighted by Gasteiger charge is -2.09. The Bertz CT molecular complexity index is 991. The maximum absolute atomic E-state index is 13.9. The maximum Gasteiger partial charge on any atom is 0.278 e. The van der Waals surface area contributed by atoms with Crippen LogP contribution in [0.4, 0.5) is 4.39 Å². The number of rotatable bonds is 8. The summed E-state index contributed by atoms with van der Waals surface area (Å²) in [6.07, 6.45) is 1.65. The monoisotopic (exact) mass is 408 g/mol. The van der Waals surface area contributed by atoms with Crippen LogP contribution in [-0.4, -0.2) is 20.0 Å². The van der Waals surface area contributed by atoms with Gasteiger partial charge in [-0.05, 0) is 42.8 Å². The predicted octanol–water partition coefficient (Wildman–Crippen LogP) is 3.95. The molecule has 0 aliphatic heterocycles. The van der Waals surface area contributed by atoms with Gasteiger partial charge in [0.05, 0.1) is 11.5 Å². The lowest BCUT2D eigenvalue weighted by Crippen LogP contribution is -2.23. The van der Waals surface area contributed by atoms with Crippen molar-refractivity contribution in [2.75, 3.05) is 6.61 Å². The van der Waals surface area contributed by atoms with Crippen LogP contribution in [0.3, 0.4) is 0 Å². The van der Waals surface area contributed by atoms with Gasteiger partial charge in [0.2, 0.25) is 10.0 Å². The van der Waals surface area contributed by atoms with Gasteiger partial charge in [-0.3, -0.25) is 0 Å². The fraction of sp³-hybridized carbons (Fsp3) is 0.167. The molecule has 0 spiro atoms. The molecule has 0 fully saturated rings. The molecule has 1 N–H and O–H groups in total. The van der Waals surface area contributed by atoms with E-state index in [1.165, 1.54) is 23.5 Å². The minimum Gasteiger partial charge on any atom is -0.491 e. The molecule has 0 aliphatic carbocycles. The summed E-state index contributed by atoms with van der Waals surface area (Å²) in [5.41, 5.74) is 0.733. The summed E-state index contributed by atoms with van der Waals surface area (Å²) in [6, 6.07) is 10.5. The Hall–Kier alpha value is -2.49. The zero-order valence-electron chi connectivity index (χ0n) is 14.4. The van der Waals surface area contributed by atoms with Crippen molar-refractivity contribution in [1.82, 2.24) is 9.71 Å². The van der Waals surface area contributed by atoms with Gasteiger partial charge < -0.3 is 9.47 Å². The van der Waals surface area contributed by atoms with Gasteiger partial charge in [0.1, 0.15) is 5.75 Å². The zero-order valence-corrected chi connectivity index (χ0v) is 16.0. The Kier molecular flexibility index (Phi) is 6.04. The average Bonchev–Trinajstić information content (AvgIpc) is 3.16. The summed E-state index contributed by atoms with van der Waals surface area (Å²) in [7, 11) is -3.85. The van der Waals surface area contributed by atoms with E-state index in [1.807, 2.05) is 5.38 Å².